The number of hydrogen-bond donors (Lipinski definition) is 1. The number of non-ortho nitro benzene ring substituents is 1. The van der Waals surface area contributed by atoms with Gasteiger partial charge in [-0.15, -0.1) is 0 Å². The Hall–Kier alpha value is -3.22. The SMILES string of the molecule is COC(=O)c1cc(NC(=O)Cc2ccccc2)cc([N+](=O)[O-])c1. The number of carbonyl (C=O) groups is 2. The van der Waals surface area contributed by atoms with Gasteiger partial charge in [0.1, 0.15) is 0 Å². The molecule has 0 saturated heterocycles. The maximum absolute atomic E-state index is 12.0. The van der Waals surface area contributed by atoms with E-state index < -0.39 is 10.9 Å². The minimum atomic E-state index is -0.716. The normalized spacial score (nSPS) is 9.96. The van der Waals surface area contributed by atoms with Gasteiger partial charge in [-0.05, 0) is 11.6 Å². The molecule has 1 amide bonds. The van der Waals surface area contributed by atoms with Gasteiger partial charge in [0.15, 0.2) is 0 Å². The number of methoxy groups -OCH3 is 1. The van der Waals surface area contributed by atoms with Gasteiger partial charge in [-0.2, -0.15) is 0 Å². The highest BCUT2D eigenvalue weighted by atomic mass is 16.6. The van der Waals surface area contributed by atoms with E-state index in [1.165, 1.54) is 19.2 Å². The number of carbonyl (C=O) groups excluding carboxylic acids is 2. The number of nitrogens with zero attached hydrogens (tertiary/aromatic N) is 1. The zero-order valence-electron chi connectivity index (χ0n) is 12.3. The molecule has 0 heterocycles. The summed E-state index contributed by atoms with van der Waals surface area (Å²) < 4.78 is 4.55. The average molecular weight is 314 g/mol. The van der Waals surface area contributed by atoms with Gasteiger partial charge in [0, 0.05) is 17.8 Å². The van der Waals surface area contributed by atoms with Gasteiger partial charge in [0.05, 0.1) is 24.0 Å². The first-order valence-corrected chi connectivity index (χ1v) is 6.71. The van der Waals surface area contributed by atoms with Crippen molar-refractivity contribution in [3.05, 3.63) is 69.8 Å². The van der Waals surface area contributed by atoms with Gasteiger partial charge in [0.2, 0.25) is 5.91 Å². The van der Waals surface area contributed by atoms with Crippen LogP contribution in [-0.4, -0.2) is 23.9 Å². The number of nitro groups is 1. The Morgan fingerprint density at radius 1 is 1.17 bits per heavy atom. The van der Waals surface area contributed by atoms with Crippen LogP contribution in [0.1, 0.15) is 15.9 Å². The quantitative estimate of drug-likeness (QED) is 0.519. The summed E-state index contributed by atoms with van der Waals surface area (Å²) in [6, 6.07) is 12.7. The van der Waals surface area contributed by atoms with Crippen LogP contribution in [0.5, 0.6) is 0 Å². The van der Waals surface area contributed by atoms with Crippen LogP contribution >= 0.6 is 0 Å². The first kappa shape index (κ1) is 16.2. The zero-order valence-corrected chi connectivity index (χ0v) is 12.3. The molecule has 0 aliphatic carbocycles. The van der Waals surface area contributed by atoms with Crippen molar-refractivity contribution in [3.63, 3.8) is 0 Å². The number of rotatable bonds is 5. The predicted molar refractivity (Wildman–Crippen MR) is 83.2 cm³/mol. The lowest BCUT2D eigenvalue weighted by Gasteiger charge is -2.07. The van der Waals surface area contributed by atoms with Crippen LogP contribution < -0.4 is 5.32 Å². The molecule has 0 radical (unpaired) electrons. The molecule has 0 aliphatic rings. The maximum Gasteiger partial charge on any atom is 0.338 e. The van der Waals surface area contributed by atoms with Crippen molar-refractivity contribution in [2.75, 3.05) is 12.4 Å². The Kier molecular flexibility index (Phi) is 5.03. The summed E-state index contributed by atoms with van der Waals surface area (Å²) in [5.74, 6) is -1.06. The highest BCUT2D eigenvalue weighted by Gasteiger charge is 2.16. The van der Waals surface area contributed by atoms with E-state index in [0.29, 0.717) is 0 Å². The van der Waals surface area contributed by atoms with Crippen LogP contribution in [0.2, 0.25) is 0 Å². The third-order valence-corrected chi connectivity index (χ3v) is 3.04. The van der Waals surface area contributed by atoms with E-state index in [-0.39, 0.29) is 29.3 Å². The number of nitrogens with one attached hydrogen (secondary N) is 1. The molecule has 0 saturated carbocycles. The molecule has 2 rings (SSSR count). The third-order valence-electron chi connectivity index (χ3n) is 3.04. The molecule has 23 heavy (non-hydrogen) atoms. The minimum absolute atomic E-state index is 0.00305. The summed E-state index contributed by atoms with van der Waals surface area (Å²) in [5.41, 5.74) is 0.670. The fourth-order valence-corrected chi connectivity index (χ4v) is 2.01. The summed E-state index contributed by atoms with van der Waals surface area (Å²) in [6.45, 7) is 0. The molecular formula is C16H14N2O5. The van der Waals surface area contributed by atoms with Crippen LogP contribution in [0.15, 0.2) is 48.5 Å². The number of amides is 1. The van der Waals surface area contributed by atoms with Crippen LogP contribution in [0.25, 0.3) is 0 Å². The number of esters is 1. The molecule has 7 nitrogen and oxygen atoms in total. The van der Waals surface area contributed by atoms with E-state index in [4.69, 9.17) is 0 Å². The van der Waals surface area contributed by atoms with E-state index in [1.54, 1.807) is 12.1 Å². The van der Waals surface area contributed by atoms with Crippen molar-refractivity contribution in [3.8, 4) is 0 Å². The highest BCUT2D eigenvalue weighted by Crippen LogP contribution is 2.22. The van der Waals surface area contributed by atoms with Gasteiger partial charge in [0.25, 0.3) is 5.69 Å². The molecule has 7 heteroatoms. The second-order valence-electron chi connectivity index (χ2n) is 4.73. The second kappa shape index (κ2) is 7.17. The molecule has 0 atom stereocenters. The van der Waals surface area contributed by atoms with E-state index in [9.17, 15) is 19.7 Å². The molecule has 0 spiro atoms. The van der Waals surface area contributed by atoms with Crippen molar-refractivity contribution >= 4 is 23.3 Å². The molecule has 0 fully saturated rings. The molecule has 0 bridgehead atoms. The lowest BCUT2D eigenvalue weighted by Crippen LogP contribution is -2.15. The summed E-state index contributed by atoms with van der Waals surface area (Å²) in [6.07, 6.45) is 0.122. The summed E-state index contributed by atoms with van der Waals surface area (Å²) >= 11 is 0. The topological polar surface area (TPSA) is 98.5 Å². The lowest BCUT2D eigenvalue weighted by atomic mass is 10.1. The molecule has 0 aliphatic heterocycles. The largest absolute Gasteiger partial charge is 0.465 e. The smallest absolute Gasteiger partial charge is 0.338 e. The summed E-state index contributed by atoms with van der Waals surface area (Å²) in [4.78, 5) is 33.9. The highest BCUT2D eigenvalue weighted by molar-refractivity contribution is 5.96. The van der Waals surface area contributed by atoms with Gasteiger partial charge in [-0.3, -0.25) is 14.9 Å². The predicted octanol–water partition coefficient (Wildman–Crippen LogP) is 2.56. The summed E-state index contributed by atoms with van der Waals surface area (Å²) in [5, 5.41) is 13.5. The fraction of sp³-hybridized carbons (Fsp3) is 0.125. The number of nitro benzene ring substituents is 1. The molecule has 1 N–H and O–H groups in total. The average Bonchev–Trinajstić information content (AvgIpc) is 2.54. The van der Waals surface area contributed by atoms with Crippen molar-refractivity contribution < 1.29 is 19.2 Å². The lowest BCUT2D eigenvalue weighted by molar-refractivity contribution is -0.384. The second-order valence-corrected chi connectivity index (χ2v) is 4.73. The Bertz CT molecular complexity index is 743. The van der Waals surface area contributed by atoms with Crippen LogP contribution in [0, 0.1) is 10.1 Å². The standard InChI is InChI=1S/C16H14N2O5/c1-23-16(20)12-8-13(10-14(9-12)18(21)22)17-15(19)7-11-5-3-2-4-6-11/h2-6,8-10H,7H2,1H3,(H,17,19). The first-order chi connectivity index (χ1) is 11.0. The molecule has 118 valence electrons. The molecule has 2 aromatic rings. The van der Waals surface area contributed by atoms with Crippen molar-refractivity contribution in [1.29, 1.82) is 0 Å². The first-order valence-electron chi connectivity index (χ1n) is 6.71. The van der Waals surface area contributed by atoms with Gasteiger partial charge in [-0.1, -0.05) is 30.3 Å². The number of ether oxygens (including phenoxy) is 1. The molecule has 0 aromatic heterocycles. The van der Waals surface area contributed by atoms with Crippen molar-refractivity contribution in [1.82, 2.24) is 0 Å². The number of hydrogen-bond acceptors (Lipinski definition) is 5. The Labute approximate surface area is 132 Å². The van der Waals surface area contributed by atoms with E-state index in [0.717, 1.165) is 11.6 Å². The molecule has 2 aromatic carbocycles. The van der Waals surface area contributed by atoms with Gasteiger partial charge < -0.3 is 10.1 Å². The van der Waals surface area contributed by atoms with Crippen molar-refractivity contribution in [2.45, 2.75) is 6.42 Å². The Balaban J connectivity index is 2.21. The fourth-order valence-electron chi connectivity index (χ4n) is 2.01. The Morgan fingerprint density at radius 2 is 1.87 bits per heavy atom. The van der Waals surface area contributed by atoms with E-state index >= 15 is 0 Å². The van der Waals surface area contributed by atoms with Crippen LogP contribution in [0.3, 0.4) is 0 Å². The molecular weight excluding hydrogens is 300 g/mol. The Morgan fingerprint density at radius 3 is 2.48 bits per heavy atom. The minimum Gasteiger partial charge on any atom is -0.465 e. The van der Waals surface area contributed by atoms with E-state index in [1.807, 2.05) is 18.2 Å². The zero-order chi connectivity index (χ0) is 16.8. The van der Waals surface area contributed by atoms with Gasteiger partial charge >= 0.3 is 5.97 Å². The third kappa shape index (κ3) is 4.37. The monoisotopic (exact) mass is 314 g/mol. The van der Waals surface area contributed by atoms with E-state index in [2.05, 4.69) is 10.1 Å². The summed E-state index contributed by atoms with van der Waals surface area (Å²) in [7, 11) is 1.18. The number of benzene rings is 2. The maximum atomic E-state index is 12.0. The van der Waals surface area contributed by atoms with Crippen LogP contribution in [-0.2, 0) is 16.0 Å². The number of anilines is 1. The van der Waals surface area contributed by atoms with Crippen LogP contribution in [0.4, 0.5) is 11.4 Å². The van der Waals surface area contributed by atoms with Gasteiger partial charge in [-0.25, -0.2) is 4.79 Å². The molecule has 0 unspecified atom stereocenters. The van der Waals surface area contributed by atoms with Crippen molar-refractivity contribution in [2.24, 2.45) is 0 Å².